The summed E-state index contributed by atoms with van der Waals surface area (Å²) in [5.74, 6) is -0.00182. The summed E-state index contributed by atoms with van der Waals surface area (Å²) in [5, 5.41) is 3.25. The number of fused-ring (bicyclic) bond motifs is 3. The van der Waals surface area contributed by atoms with Gasteiger partial charge < -0.3 is 4.42 Å². The first-order valence-electron chi connectivity index (χ1n) is 9.62. The van der Waals surface area contributed by atoms with E-state index in [1.165, 1.54) is 0 Å². The summed E-state index contributed by atoms with van der Waals surface area (Å²) < 4.78 is 5.78. The number of hydrogen-bond donors (Lipinski definition) is 0. The predicted molar refractivity (Wildman–Crippen MR) is 117 cm³/mol. The highest BCUT2D eigenvalue weighted by molar-refractivity contribution is 6.10. The van der Waals surface area contributed by atoms with Crippen molar-refractivity contribution in [3.05, 3.63) is 109 Å². The summed E-state index contributed by atoms with van der Waals surface area (Å²) in [6.07, 6.45) is 1.97. The highest BCUT2D eigenvalue weighted by Crippen LogP contribution is 2.32. The molecule has 0 radical (unpaired) electrons. The number of hydrogen-bond acceptors (Lipinski definition) is 2. The molecule has 0 N–H and O–H groups in total. The first kappa shape index (κ1) is 17.3. The molecule has 0 spiro atoms. The fourth-order valence-electron chi connectivity index (χ4n) is 3.84. The Kier molecular flexibility index (Phi) is 4.34. The van der Waals surface area contributed by atoms with Crippen LogP contribution in [0.3, 0.4) is 0 Å². The molecule has 5 rings (SSSR count). The van der Waals surface area contributed by atoms with Crippen molar-refractivity contribution in [1.82, 2.24) is 0 Å². The normalized spacial score (nSPS) is 11.0. The van der Waals surface area contributed by atoms with Gasteiger partial charge in [0.1, 0.15) is 5.58 Å². The summed E-state index contributed by atoms with van der Waals surface area (Å²) in [6.45, 7) is 0. The Morgan fingerprint density at radius 2 is 1.34 bits per heavy atom. The van der Waals surface area contributed by atoms with Crippen molar-refractivity contribution in [3.8, 4) is 0 Å². The van der Waals surface area contributed by atoms with Crippen LogP contribution in [-0.4, -0.2) is 5.91 Å². The van der Waals surface area contributed by atoms with Crippen LogP contribution in [0, 0.1) is 0 Å². The average Bonchev–Trinajstić information content (AvgIpc) is 3.19. The lowest BCUT2D eigenvalue weighted by molar-refractivity contribution is -0.117. The topological polar surface area (TPSA) is 33.5 Å². The van der Waals surface area contributed by atoms with Gasteiger partial charge in [-0.1, -0.05) is 66.7 Å². The van der Waals surface area contributed by atoms with Crippen LogP contribution in [0.15, 0.2) is 108 Å². The molecule has 0 atom stereocenters. The predicted octanol–water partition coefficient (Wildman–Crippen LogP) is 6.49. The third-order valence-corrected chi connectivity index (χ3v) is 5.16. The maximum Gasteiger partial charge on any atom is 0.236 e. The molecule has 3 heteroatoms. The van der Waals surface area contributed by atoms with Crippen LogP contribution >= 0.6 is 0 Å². The van der Waals surface area contributed by atoms with Crippen molar-refractivity contribution >= 4 is 39.0 Å². The number of rotatable bonds is 4. The van der Waals surface area contributed by atoms with E-state index in [9.17, 15) is 4.79 Å². The number of carbonyl (C=O) groups excluding carboxylic acids is 1. The van der Waals surface area contributed by atoms with Gasteiger partial charge in [0.15, 0.2) is 0 Å². The van der Waals surface area contributed by atoms with Crippen LogP contribution in [0.25, 0.3) is 21.7 Å². The molecule has 0 bridgehead atoms. The number of benzene rings is 4. The molecule has 29 heavy (non-hydrogen) atoms. The van der Waals surface area contributed by atoms with E-state index in [1.54, 1.807) is 11.2 Å². The smallest absolute Gasteiger partial charge is 0.236 e. The van der Waals surface area contributed by atoms with E-state index in [2.05, 4.69) is 12.1 Å². The minimum absolute atomic E-state index is 0.00182. The Bertz CT molecular complexity index is 1250. The van der Waals surface area contributed by atoms with Gasteiger partial charge in [0.05, 0.1) is 12.7 Å². The SMILES string of the molecule is O=C(Cc1coc2ccc3ccccc3c12)N(c1ccccc1)c1ccccc1. The van der Waals surface area contributed by atoms with Gasteiger partial charge in [0, 0.05) is 22.3 Å². The van der Waals surface area contributed by atoms with Gasteiger partial charge in [-0.15, -0.1) is 0 Å². The van der Waals surface area contributed by atoms with Gasteiger partial charge >= 0.3 is 0 Å². The molecule has 0 aliphatic heterocycles. The number of anilines is 2. The number of amides is 1. The minimum atomic E-state index is -0.00182. The van der Waals surface area contributed by atoms with E-state index < -0.39 is 0 Å². The van der Waals surface area contributed by atoms with Gasteiger partial charge in [0.2, 0.25) is 5.91 Å². The molecule has 0 fully saturated rings. The van der Waals surface area contributed by atoms with E-state index in [-0.39, 0.29) is 12.3 Å². The van der Waals surface area contributed by atoms with Gasteiger partial charge in [-0.25, -0.2) is 0 Å². The van der Waals surface area contributed by atoms with Crippen molar-refractivity contribution in [2.24, 2.45) is 0 Å². The highest BCUT2D eigenvalue weighted by Gasteiger charge is 2.20. The van der Waals surface area contributed by atoms with Crippen LogP contribution in [-0.2, 0) is 11.2 Å². The summed E-state index contributed by atoms with van der Waals surface area (Å²) in [7, 11) is 0. The molecule has 5 aromatic rings. The molecule has 0 saturated carbocycles. The van der Waals surface area contributed by atoms with Crippen molar-refractivity contribution in [1.29, 1.82) is 0 Å². The number of nitrogens with zero attached hydrogens (tertiary/aromatic N) is 1. The van der Waals surface area contributed by atoms with Crippen LogP contribution in [0.1, 0.15) is 5.56 Å². The van der Waals surface area contributed by atoms with E-state index in [1.807, 2.05) is 84.9 Å². The fourth-order valence-corrected chi connectivity index (χ4v) is 3.84. The van der Waals surface area contributed by atoms with Gasteiger partial charge in [0.25, 0.3) is 0 Å². The maximum atomic E-state index is 13.5. The molecule has 0 aliphatic carbocycles. The summed E-state index contributed by atoms with van der Waals surface area (Å²) in [6, 6.07) is 31.7. The molecule has 3 nitrogen and oxygen atoms in total. The standard InChI is InChI=1S/C26H19NO2/c28-25(27(21-10-3-1-4-11-21)22-12-5-2-6-13-22)17-20-18-29-24-16-15-19-9-7-8-14-23(19)26(20)24/h1-16,18H,17H2. The van der Waals surface area contributed by atoms with E-state index >= 15 is 0 Å². The molecular formula is C26H19NO2. The number of para-hydroxylation sites is 2. The van der Waals surface area contributed by atoms with E-state index in [4.69, 9.17) is 4.42 Å². The first-order valence-corrected chi connectivity index (χ1v) is 9.62. The third-order valence-electron chi connectivity index (χ3n) is 5.16. The zero-order chi connectivity index (χ0) is 19.6. The van der Waals surface area contributed by atoms with Crippen molar-refractivity contribution < 1.29 is 9.21 Å². The molecule has 140 valence electrons. The number of carbonyl (C=O) groups is 1. The Hall–Kier alpha value is -3.85. The lowest BCUT2D eigenvalue weighted by Gasteiger charge is -2.23. The average molecular weight is 377 g/mol. The lowest BCUT2D eigenvalue weighted by Crippen LogP contribution is -2.27. The molecule has 1 aromatic heterocycles. The van der Waals surface area contributed by atoms with Crippen LogP contribution in [0.5, 0.6) is 0 Å². The Balaban J connectivity index is 1.59. The van der Waals surface area contributed by atoms with Crippen molar-refractivity contribution in [2.75, 3.05) is 4.90 Å². The molecule has 0 saturated heterocycles. The molecule has 4 aromatic carbocycles. The fraction of sp³-hybridized carbons (Fsp3) is 0.0385. The van der Waals surface area contributed by atoms with Gasteiger partial charge in [-0.3, -0.25) is 9.69 Å². The first-order chi connectivity index (χ1) is 14.3. The monoisotopic (exact) mass is 377 g/mol. The van der Waals surface area contributed by atoms with E-state index in [0.717, 1.165) is 38.7 Å². The Morgan fingerprint density at radius 3 is 2.03 bits per heavy atom. The highest BCUT2D eigenvalue weighted by atomic mass is 16.3. The lowest BCUT2D eigenvalue weighted by atomic mass is 10.0. The molecule has 1 amide bonds. The van der Waals surface area contributed by atoms with Gasteiger partial charge in [-0.2, -0.15) is 0 Å². The van der Waals surface area contributed by atoms with Crippen LogP contribution in [0.2, 0.25) is 0 Å². The summed E-state index contributed by atoms with van der Waals surface area (Å²) in [5.41, 5.74) is 3.40. The summed E-state index contributed by atoms with van der Waals surface area (Å²) in [4.78, 5) is 15.2. The Morgan fingerprint density at radius 1 is 0.724 bits per heavy atom. The second-order valence-electron chi connectivity index (χ2n) is 7.00. The largest absolute Gasteiger partial charge is 0.464 e. The van der Waals surface area contributed by atoms with E-state index in [0.29, 0.717) is 0 Å². The summed E-state index contributed by atoms with van der Waals surface area (Å²) >= 11 is 0. The Labute approximate surface area is 168 Å². The third kappa shape index (κ3) is 3.17. The van der Waals surface area contributed by atoms with Gasteiger partial charge in [-0.05, 0) is 41.1 Å². The zero-order valence-corrected chi connectivity index (χ0v) is 15.8. The second kappa shape index (κ2) is 7.28. The molecule has 0 aliphatic rings. The minimum Gasteiger partial charge on any atom is -0.464 e. The maximum absolute atomic E-state index is 13.5. The molecule has 0 unspecified atom stereocenters. The second-order valence-corrected chi connectivity index (χ2v) is 7.00. The van der Waals surface area contributed by atoms with Crippen LogP contribution < -0.4 is 4.90 Å². The van der Waals surface area contributed by atoms with Crippen molar-refractivity contribution in [2.45, 2.75) is 6.42 Å². The van der Waals surface area contributed by atoms with Crippen molar-refractivity contribution in [3.63, 3.8) is 0 Å². The van der Waals surface area contributed by atoms with Crippen LogP contribution in [0.4, 0.5) is 11.4 Å². The quantitative estimate of drug-likeness (QED) is 0.358. The molecule has 1 heterocycles. The molecular weight excluding hydrogens is 358 g/mol. The number of furan rings is 1. The zero-order valence-electron chi connectivity index (χ0n) is 15.8.